The molecule has 1 N–H and O–H groups in total. The molecule has 3 nitrogen and oxygen atoms in total. The second-order valence-electron chi connectivity index (χ2n) is 3.29. The Morgan fingerprint density at radius 2 is 2.23 bits per heavy atom. The Balaban J connectivity index is 2.43. The molecule has 0 aromatic heterocycles. The molecule has 0 aromatic rings. The van der Waals surface area contributed by atoms with Crippen LogP contribution in [0.5, 0.6) is 0 Å². The second kappa shape index (κ2) is 5.50. The Morgan fingerprint density at radius 3 is 2.92 bits per heavy atom. The summed E-state index contributed by atoms with van der Waals surface area (Å²) in [5.74, 6) is 2.52. The van der Waals surface area contributed by atoms with Gasteiger partial charge in [0.2, 0.25) is 5.91 Å². The molecule has 0 aliphatic carbocycles. The van der Waals surface area contributed by atoms with E-state index in [1.165, 1.54) is 12.2 Å². The van der Waals surface area contributed by atoms with Crippen molar-refractivity contribution in [2.24, 2.45) is 0 Å². The largest absolute Gasteiger partial charge is 0.358 e. The normalized spacial score (nSPS) is 22.0. The molecule has 1 fully saturated rings. The maximum Gasteiger partial charge on any atom is 0.236 e. The molecule has 4 heteroatoms. The van der Waals surface area contributed by atoms with Crippen molar-refractivity contribution in [3.05, 3.63) is 0 Å². The van der Waals surface area contributed by atoms with Crippen molar-refractivity contribution in [2.75, 3.05) is 31.6 Å². The minimum Gasteiger partial charge on any atom is -0.358 e. The first-order valence-electron chi connectivity index (χ1n) is 4.79. The van der Waals surface area contributed by atoms with Crippen LogP contribution in [-0.4, -0.2) is 48.5 Å². The van der Waals surface area contributed by atoms with E-state index in [0.717, 1.165) is 18.8 Å². The fraction of sp³-hybridized carbons (Fsp3) is 0.889. The van der Waals surface area contributed by atoms with Crippen LogP contribution in [0.4, 0.5) is 0 Å². The highest BCUT2D eigenvalue weighted by Crippen LogP contribution is 2.12. The van der Waals surface area contributed by atoms with Crippen molar-refractivity contribution in [3.8, 4) is 0 Å². The predicted molar refractivity (Wildman–Crippen MR) is 57.0 cm³/mol. The monoisotopic (exact) mass is 202 g/mol. The molecule has 13 heavy (non-hydrogen) atoms. The standard InChI is InChI=1S/C9H18N2OS/c1-8(9(12)10-2)11-4-3-6-13-7-5-11/h8H,3-7H2,1-2H3,(H,10,12). The summed E-state index contributed by atoms with van der Waals surface area (Å²) in [4.78, 5) is 13.6. The predicted octanol–water partition coefficient (Wildman–Crippen LogP) is 0.560. The third-order valence-corrected chi connectivity index (χ3v) is 3.48. The van der Waals surface area contributed by atoms with Crippen molar-refractivity contribution in [3.63, 3.8) is 0 Å². The number of carbonyl (C=O) groups excluding carboxylic acids is 1. The number of hydrogen-bond acceptors (Lipinski definition) is 3. The average molecular weight is 202 g/mol. The molecule has 1 amide bonds. The summed E-state index contributed by atoms with van der Waals surface area (Å²) in [7, 11) is 1.70. The number of carbonyl (C=O) groups is 1. The van der Waals surface area contributed by atoms with E-state index in [0.29, 0.717) is 0 Å². The van der Waals surface area contributed by atoms with Crippen molar-refractivity contribution in [1.29, 1.82) is 0 Å². The lowest BCUT2D eigenvalue weighted by Gasteiger charge is -2.25. The zero-order valence-electron chi connectivity index (χ0n) is 8.38. The molecule has 1 atom stereocenters. The number of likely N-dealkylation sites (N-methyl/N-ethyl adjacent to an activating group) is 1. The smallest absolute Gasteiger partial charge is 0.236 e. The van der Waals surface area contributed by atoms with Crippen LogP contribution in [0.2, 0.25) is 0 Å². The van der Waals surface area contributed by atoms with Crippen LogP contribution in [0.25, 0.3) is 0 Å². The van der Waals surface area contributed by atoms with Gasteiger partial charge in [0.1, 0.15) is 0 Å². The van der Waals surface area contributed by atoms with E-state index in [4.69, 9.17) is 0 Å². The zero-order chi connectivity index (χ0) is 9.68. The molecule has 0 bridgehead atoms. The molecule has 76 valence electrons. The number of thioether (sulfide) groups is 1. The number of nitrogens with zero attached hydrogens (tertiary/aromatic N) is 1. The molecule has 1 rings (SSSR count). The molecule has 1 aliphatic heterocycles. The summed E-state index contributed by atoms with van der Waals surface area (Å²) in [5, 5.41) is 2.70. The Hall–Kier alpha value is -0.220. The van der Waals surface area contributed by atoms with Gasteiger partial charge in [-0.3, -0.25) is 9.69 Å². The van der Waals surface area contributed by atoms with E-state index in [-0.39, 0.29) is 11.9 Å². The first-order chi connectivity index (χ1) is 6.25. The summed E-state index contributed by atoms with van der Waals surface area (Å²) >= 11 is 1.98. The number of amides is 1. The second-order valence-corrected chi connectivity index (χ2v) is 4.52. The van der Waals surface area contributed by atoms with E-state index in [2.05, 4.69) is 10.2 Å². The SMILES string of the molecule is CNC(=O)C(C)N1CCCSCC1. The van der Waals surface area contributed by atoms with Crippen LogP contribution in [-0.2, 0) is 4.79 Å². The van der Waals surface area contributed by atoms with E-state index in [1.807, 2.05) is 18.7 Å². The van der Waals surface area contributed by atoms with Gasteiger partial charge in [0, 0.05) is 19.3 Å². The average Bonchev–Trinajstić information content (AvgIpc) is 2.43. The van der Waals surface area contributed by atoms with E-state index >= 15 is 0 Å². The minimum absolute atomic E-state index is 0.0312. The molecular formula is C9H18N2OS. The Morgan fingerprint density at radius 1 is 1.46 bits per heavy atom. The molecule has 0 aromatic carbocycles. The number of hydrogen-bond donors (Lipinski definition) is 1. The minimum atomic E-state index is 0.0312. The van der Waals surface area contributed by atoms with Crippen molar-refractivity contribution in [1.82, 2.24) is 10.2 Å². The van der Waals surface area contributed by atoms with Crippen molar-refractivity contribution >= 4 is 17.7 Å². The summed E-state index contributed by atoms with van der Waals surface area (Å²) in [6.45, 7) is 4.08. The lowest BCUT2D eigenvalue weighted by atomic mass is 10.2. The van der Waals surface area contributed by atoms with Crippen LogP contribution in [0.3, 0.4) is 0 Å². The van der Waals surface area contributed by atoms with Gasteiger partial charge in [0.25, 0.3) is 0 Å². The highest BCUT2D eigenvalue weighted by molar-refractivity contribution is 7.99. The highest BCUT2D eigenvalue weighted by Gasteiger charge is 2.20. The topological polar surface area (TPSA) is 32.3 Å². The maximum atomic E-state index is 11.4. The third kappa shape index (κ3) is 3.19. The molecule has 0 saturated carbocycles. The van der Waals surface area contributed by atoms with Gasteiger partial charge in [-0.25, -0.2) is 0 Å². The molecular weight excluding hydrogens is 184 g/mol. The molecule has 0 spiro atoms. The molecule has 1 aliphatic rings. The first-order valence-corrected chi connectivity index (χ1v) is 5.94. The van der Waals surface area contributed by atoms with Crippen LogP contribution < -0.4 is 5.32 Å². The van der Waals surface area contributed by atoms with Crippen LogP contribution in [0, 0.1) is 0 Å². The van der Waals surface area contributed by atoms with Crippen LogP contribution >= 0.6 is 11.8 Å². The maximum absolute atomic E-state index is 11.4. The van der Waals surface area contributed by atoms with Crippen LogP contribution in [0.1, 0.15) is 13.3 Å². The first kappa shape index (κ1) is 10.9. The van der Waals surface area contributed by atoms with Gasteiger partial charge in [-0.2, -0.15) is 11.8 Å². The van der Waals surface area contributed by atoms with Crippen LogP contribution in [0.15, 0.2) is 0 Å². The summed E-state index contributed by atoms with van der Waals surface area (Å²) in [6, 6.07) is 0.0312. The van der Waals surface area contributed by atoms with Gasteiger partial charge >= 0.3 is 0 Å². The van der Waals surface area contributed by atoms with E-state index in [9.17, 15) is 4.79 Å². The number of nitrogens with one attached hydrogen (secondary N) is 1. The molecule has 1 heterocycles. The Labute approximate surface area is 84.2 Å². The van der Waals surface area contributed by atoms with Gasteiger partial charge < -0.3 is 5.32 Å². The fourth-order valence-corrected chi connectivity index (χ4v) is 2.43. The zero-order valence-corrected chi connectivity index (χ0v) is 9.19. The van der Waals surface area contributed by atoms with E-state index in [1.54, 1.807) is 7.05 Å². The highest BCUT2D eigenvalue weighted by atomic mass is 32.2. The van der Waals surface area contributed by atoms with Crippen molar-refractivity contribution in [2.45, 2.75) is 19.4 Å². The number of rotatable bonds is 2. The van der Waals surface area contributed by atoms with Crippen molar-refractivity contribution < 1.29 is 4.79 Å². The van der Waals surface area contributed by atoms with Gasteiger partial charge in [0.15, 0.2) is 0 Å². The molecule has 1 unspecified atom stereocenters. The Kier molecular flexibility index (Phi) is 4.59. The summed E-state index contributed by atoms with van der Waals surface area (Å²) in [6.07, 6.45) is 1.20. The van der Waals surface area contributed by atoms with Gasteiger partial charge in [0.05, 0.1) is 6.04 Å². The van der Waals surface area contributed by atoms with Gasteiger partial charge in [-0.05, 0) is 25.6 Å². The van der Waals surface area contributed by atoms with E-state index < -0.39 is 0 Å². The molecule has 0 radical (unpaired) electrons. The third-order valence-electron chi connectivity index (χ3n) is 2.43. The molecule has 1 saturated heterocycles. The Bertz CT molecular complexity index is 167. The quantitative estimate of drug-likeness (QED) is 0.710. The lowest BCUT2D eigenvalue weighted by molar-refractivity contribution is -0.125. The summed E-state index contributed by atoms with van der Waals surface area (Å²) < 4.78 is 0. The fourth-order valence-electron chi connectivity index (χ4n) is 1.53. The summed E-state index contributed by atoms with van der Waals surface area (Å²) in [5.41, 5.74) is 0. The lowest BCUT2D eigenvalue weighted by Crippen LogP contribution is -2.44. The van der Waals surface area contributed by atoms with Gasteiger partial charge in [-0.15, -0.1) is 0 Å². The van der Waals surface area contributed by atoms with Gasteiger partial charge in [-0.1, -0.05) is 0 Å².